The van der Waals surface area contributed by atoms with E-state index in [1.165, 1.54) is 50.3 Å². The molecule has 108 valence electrons. The van der Waals surface area contributed by atoms with Crippen molar-refractivity contribution in [3.8, 4) is 0 Å². The van der Waals surface area contributed by atoms with Crippen LogP contribution in [0.25, 0.3) is 0 Å². The number of nitrogens with two attached hydrogens (primary N) is 1. The fraction of sp³-hybridized carbons (Fsp3) is 0.786. The van der Waals surface area contributed by atoms with E-state index in [4.69, 9.17) is 5.73 Å². The zero-order valence-corrected chi connectivity index (χ0v) is 12.6. The SMILES string of the molecule is C=CCNC(N)=NCC1(N2CCSCC2)CCCC1. The van der Waals surface area contributed by atoms with Crippen LogP contribution in [0.15, 0.2) is 17.6 Å². The zero-order chi connectivity index (χ0) is 13.6. The smallest absolute Gasteiger partial charge is 0.188 e. The van der Waals surface area contributed by atoms with Gasteiger partial charge in [-0.3, -0.25) is 9.89 Å². The Labute approximate surface area is 120 Å². The Morgan fingerprint density at radius 3 is 2.68 bits per heavy atom. The molecule has 0 spiro atoms. The number of hydrogen-bond acceptors (Lipinski definition) is 3. The summed E-state index contributed by atoms with van der Waals surface area (Å²) >= 11 is 2.07. The van der Waals surface area contributed by atoms with Crippen molar-refractivity contribution >= 4 is 17.7 Å². The lowest BCUT2D eigenvalue weighted by molar-refractivity contribution is 0.112. The lowest BCUT2D eigenvalue weighted by Gasteiger charge is -2.42. The van der Waals surface area contributed by atoms with Gasteiger partial charge in [0.1, 0.15) is 0 Å². The third-order valence-electron chi connectivity index (χ3n) is 4.19. The highest BCUT2D eigenvalue weighted by Crippen LogP contribution is 2.36. The predicted octanol–water partition coefficient (Wildman–Crippen LogP) is 1.44. The highest BCUT2D eigenvalue weighted by molar-refractivity contribution is 7.99. The van der Waals surface area contributed by atoms with E-state index in [1.54, 1.807) is 6.08 Å². The van der Waals surface area contributed by atoms with Gasteiger partial charge >= 0.3 is 0 Å². The summed E-state index contributed by atoms with van der Waals surface area (Å²) in [5.41, 5.74) is 6.17. The fourth-order valence-corrected chi connectivity index (χ4v) is 4.01. The van der Waals surface area contributed by atoms with Gasteiger partial charge in [-0.15, -0.1) is 6.58 Å². The molecular weight excluding hydrogens is 256 g/mol. The standard InChI is InChI=1S/C14H26N4S/c1-2-7-16-13(15)17-12-14(5-3-4-6-14)18-8-10-19-11-9-18/h2H,1,3-12H2,(H3,15,16,17). The predicted molar refractivity (Wildman–Crippen MR) is 84.8 cm³/mol. The van der Waals surface area contributed by atoms with Gasteiger partial charge in [0.25, 0.3) is 0 Å². The van der Waals surface area contributed by atoms with Crippen LogP contribution in [-0.4, -0.2) is 54.1 Å². The number of hydrogen-bond donors (Lipinski definition) is 2. The molecule has 1 aliphatic heterocycles. The Bertz CT molecular complexity index is 317. The van der Waals surface area contributed by atoms with Crippen LogP contribution in [0, 0.1) is 0 Å². The van der Waals surface area contributed by atoms with Crippen LogP contribution in [-0.2, 0) is 0 Å². The number of aliphatic imine (C=N–C) groups is 1. The van der Waals surface area contributed by atoms with Crippen molar-refractivity contribution in [2.75, 3.05) is 37.7 Å². The Kier molecular flexibility index (Phi) is 5.58. The molecule has 0 aromatic heterocycles. The fourth-order valence-electron chi connectivity index (χ4n) is 3.11. The van der Waals surface area contributed by atoms with E-state index in [9.17, 15) is 0 Å². The molecular formula is C14H26N4S. The van der Waals surface area contributed by atoms with Gasteiger partial charge in [0.2, 0.25) is 0 Å². The summed E-state index contributed by atoms with van der Waals surface area (Å²) in [4.78, 5) is 7.25. The van der Waals surface area contributed by atoms with Crippen LogP contribution < -0.4 is 11.1 Å². The van der Waals surface area contributed by atoms with Gasteiger partial charge in [-0.1, -0.05) is 18.9 Å². The largest absolute Gasteiger partial charge is 0.370 e. The molecule has 0 aromatic rings. The van der Waals surface area contributed by atoms with Crippen LogP contribution in [0.3, 0.4) is 0 Å². The van der Waals surface area contributed by atoms with Gasteiger partial charge < -0.3 is 11.1 Å². The normalized spacial score (nSPS) is 24.3. The van der Waals surface area contributed by atoms with E-state index < -0.39 is 0 Å². The van der Waals surface area contributed by atoms with E-state index in [-0.39, 0.29) is 5.54 Å². The Hall–Kier alpha value is -0.680. The molecule has 1 saturated carbocycles. The van der Waals surface area contributed by atoms with Gasteiger partial charge in [0.05, 0.1) is 6.54 Å². The molecule has 5 heteroatoms. The van der Waals surface area contributed by atoms with E-state index in [0.717, 1.165) is 6.54 Å². The molecule has 0 radical (unpaired) electrons. The molecule has 2 aliphatic rings. The number of rotatable bonds is 5. The molecule has 19 heavy (non-hydrogen) atoms. The average Bonchev–Trinajstić information content (AvgIpc) is 2.94. The second-order valence-electron chi connectivity index (χ2n) is 5.40. The average molecular weight is 282 g/mol. The van der Waals surface area contributed by atoms with Crippen LogP contribution in [0.1, 0.15) is 25.7 Å². The molecule has 4 nitrogen and oxygen atoms in total. The first kappa shape index (κ1) is 14.7. The minimum Gasteiger partial charge on any atom is -0.370 e. The molecule has 0 atom stereocenters. The van der Waals surface area contributed by atoms with Crippen LogP contribution in [0.4, 0.5) is 0 Å². The van der Waals surface area contributed by atoms with Crippen molar-refractivity contribution in [2.24, 2.45) is 10.7 Å². The van der Waals surface area contributed by atoms with Crippen molar-refractivity contribution in [3.05, 3.63) is 12.7 Å². The van der Waals surface area contributed by atoms with Gasteiger partial charge in [-0.2, -0.15) is 11.8 Å². The van der Waals surface area contributed by atoms with Crippen molar-refractivity contribution in [1.82, 2.24) is 10.2 Å². The Morgan fingerprint density at radius 1 is 1.37 bits per heavy atom. The molecule has 0 aromatic carbocycles. The second kappa shape index (κ2) is 7.20. The van der Waals surface area contributed by atoms with Gasteiger partial charge in [0.15, 0.2) is 5.96 Å². The molecule has 0 amide bonds. The molecule has 0 unspecified atom stereocenters. The van der Waals surface area contributed by atoms with E-state index >= 15 is 0 Å². The minimum atomic E-state index is 0.279. The third kappa shape index (κ3) is 3.89. The molecule has 3 N–H and O–H groups in total. The van der Waals surface area contributed by atoms with Crippen molar-refractivity contribution in [3.63, 3.8) is 0 Å². The quantitative estimate of drug-likeness (QED) is 0.455. The molecule has 1 aliphatic carbocycles. The highest BCUT2D eigenvalue weighted by atomic mass is 32.2. The second-order valence-corrected chi connectivity index (χ2v) is 6.63. The van der Waals surface area contributed by atoms with Gasteiger partial charge in [-0.25, -0.2) is 0 Å². The van der Waals surface area contributed by atoms with Gasteiger partial charge in [-0.05, 0) is 12.8 Å². The lowest BCUT2D eigenvalue weighted by Crippen LogP contribution is -2.53. The van der Waals surface area contributed by atoms with Crippen LogP contribution in [0.2, 0.25) is 0 Å². The van der Waals surface area contributed by atoms with Crippen molar-refractivity contribution in [1.29, 1.82) is 0 Å². The Morgan fingerprint density at radius 2 is 2.05 bits per heavy atom. The summed E-state index contributed by atoms with van der Waals surface area (Å²) < 4.78 is 0. The summed E-state index contributed by atoms with van der Waals surface area (Å²) in [6.07, 6.45) is 7.01. The maximum absolute atomic E-state index is 5.89. The summed E-state index contributed by atoms with van der Waals surface area (Å²) in [6.45, 7) is 7.61. The maximum atomic E-state index is 5.89. The van der Waals surface area contributed by atoms with E-state index in [1.807, 2.05) is 0 Å². The van der Waals surface area contributed by atoms with E-state index in [2.05, 4.69) is 33.5 Å². The molecule has 1 heterocycles. The topological polar surface area (TPSA) is 53.6 Å². The summed E-state index contributed by atoms with van der Waals surface area (Å²) in [6, 6.07) is 0. The van der Waals surface area contributed by atoms with Crippen molar-refractivity contribution < 1.29 is 0 Å². The Balaban J connectivity index is 1.96. The molecule has 0 bridgehead atoms. The summed E-state index contributed by atoms with van der Waals surface area (Å²) in [5.74, 6) is 3.07. The summed E-state index contributed by atoms with van der Waals surface area (Å²) in [5, 5.41) is 3.06. The van der Waals surface area contributed by atoms with E-state index in [0.29, 0.717) is 12.5 Å². The number of thioether (sulfide) groups is 1. The first-order valence-electron chi connectivity index (χ1n) is 7.24. The first-order chi connectivity index (χ1) is 9.27. The van der Waals surface area contributed by atoms with Crippen molar-refractivity contribution in [2.45, 2.75) is 31.2 Å². The highest BCUT2D eigenvalue weighted by Gasteiger charge is 2.39. The maximum Gasteiger partial charge on any atom is 0.188 e. The first-order valence-corrected chi connectivity index (χ1v) is 8.40. The molecule has 1 saturated heterocycles. The van der Waals surface area contributed by atoms with Crippen LogP contribution in [0.5, 0.6) is 0 Å². The molecule has 2 fully saturated rings. The number of nitrogens with one attached hydrogen (secondary N) is 1. The number of nitrogens with zero attached hydrogens (tertiary/aromatic N) is 2. The third-order valence-corrected chi connectivity index (χ3v) is 5.13. The minimum absolute atomic E-state index is 0.279. The molecule has 2 rings (SSSR count). The monoisotopic (exact) mass is 282 g/mol. The summed E-state index contributed by atoms with van der Waals surface area (Å²) in [7, 11) is 0. The van der Waals surface area contributed by atoms with Crippen LogP contribution >= 0.6 is 11.8 Å². The zero-order valence-electron chi connectivity index (χ0n) is 11.7. The number of guanidine groups is 1. The lowest BCUT2D eigenvalue weighted by atomic mass is 9.95. The van der Waals surface area contributed by atoms with Gasteiger partial charge in [0, 0.05) is 36.7 Å².